The van der Waals surface area contributed by atoms with Gasteiger partial charge in [-0.3, -0.25) is 0 Å². The average molecular weight is 395 g/mol. The third-order valence-corrected chi connectivity index (χ3v) is 6.47. The third-order valence-electron chi connectivity index (χ3n) is 4.61. The predicted molar refractivity (Wildman–Crippen MR) is 98.3 cm³/mol. The van der Waals surface area contributed by atoms with Crippen LogP contribution in [-0.4, -0.2) is 56.3 Å². The molecule has 0 amide bonds. The minimum Gasteiger partial charge on any atom is -0.491 e. The molecule has 3 rings (SSSR count). The van der Waals surface area contributed by atoms with Crippen molar-refractivity contribution in [3.05, 3.63) is 35.5 Å². The Morgan fingerprint density at radius 2 is 2.11 bits per heavy atom. The first-order valence-electron chi connectivity index (χ1n) is 8.94. The average Bonchev–Trinajstić information content (AvgIpc) is 3.09. The van der Waals surface area contributed by atoms with Crippen LogP contribution in [0, 0.1) is 13.8 Å². The van der Waals surface area contributed by atoms with Gasteiger partial charge in [0.15, 0.2) is 5.82 Å². The van der Waals surface area contributed by atoms with Gasteiger partial charge in [-0.1, -0.05) is 5.16 Å². The number of rotatable bonds is 7. The first-order valence-corrected chi connectivity index (χ1v) is 10.4. The Labute approximate surface area is 159 Å². The van der Waals surface area contributed by atoms with Gasteiger partial charge in [-0.15, -0.1) is 0 Å². The lowest BCUT2D eigenvalue weighted by Gasteiger charge is -2.30. The number of methoxy groups -OCH3 is 1. The zero-order valence-electron chi connectivity index (χ0n) is 15.8. The summed E-state index contributed by atoms with van der Waals surface area (Å²) in [5.41, 5.74) is 0.772. The molecule has 1 aromatic heterocycles. The highest BCUT2D eigenvalue weighted by atomic mass is 32.2. The van der Waals surface area contributed by atoms with Gasteiger partial charge in [-0.2, -0.15) is 9.29 Å². The Bertz CT molecular complexity index is 881. The summed E-state index contributed by atoms with van der Waals surface area (Å²) in [5, 5.41) is 3.81. The molecule has 0 spiro atoms. The predicted octanol–water partition coefficient (Wildman–Crippen LogP) is 2.28. The molecule has 1 saturated heterocycles. The van der Waals surface area contributed by atoms with E-state index in [4.69, 9.17) is 14.0 Å². The van der Waals surface area contributed by atoms with Crippen LogP contribution in [0.1, 0.15) is 36.0 Å². The highest BCUT2D eigenvalue weighted by Gasteiger charge is 2.33. The number of ether oxygens (including phenoxy) is 2. The number of benzene rings is 1. The van der Waals surface area contributed by atoms with Crippen molar-refractivity contribution in [1.82, 2.24) is 14.4 Å². The van der Waals surface area contributed by atoms with E-state index in [1.54, 1.807) is 32.2 Å². The zero-order chi connectivity index (χ0) is 19.4. The topological polar surface area (TPSA) is 94.8 Å². The molecule has 0 N–H and O–H groups in total. The molecular weight excluding hydrogens is 370 g/mol. The van der Waals surface area contributed by atoms with E-state index in [0.29, 0.717) is 43.8 Å². The van der Waals surface area contributed by atoms with Gasteiger partial charge in [0.1, 0.15) is 12.4 Å². The Morgan fingerprint density at radius 1 is 1.30 bits per heavy atom. The molecule has 9 heteroatoms. The minimum atomic E-state index is -3.60. The van der Waals surface area contributed by atoms with E-state index >= 15 is 0 Å². The number of aromatic nitrogens is 2. The smallest absolute Gasteiger partial charge is 0.243 e. The summed E-state index contributed by atoms with van der Waals surface area (Å²) in [6, 6.07) is 4.93. The van der Waals surface area contributed by atoms with E-state index in [-0.39, 0.29) is 10.8 Å². The minimum absolute atomic E-state index is 0.0764. The molecule has 1 aliphatic rings. The largest absolute Gasteiger partial charge is 0.491 e. The van der Waals surface area contributed by atoms with E-state index in [0.717, 1.165) is 18.4 Å². The number of hydrogen-bond donors (Lipinski definition) is 0. The molecule has 0 aliphatic carbocycles. The molecule has 2 aromatic rings. The molecule has 0 radical (unpaired) electrons. The molecule has 148 valence electrons. The fraction of sp³-hybridized carbons (Fsp3) is 0.556. The Kier molecular flexibility index (Phi) is 6.13. The second-order valence-electron chi connectivity index (χ2n) is 6.65. The molecule has 1 unspecified atom stereocenters. The number of aryl methyl sites for hydroxylation is 2. The Balaban J connectivity index is 1.76. The van der Waals surface area contributed by atoms with Gasteiger partial charge in [0.05, 0.1) is 17.4 Å². The SMILES string of the molecule is COCCOc1ccc(S(=O)(=O)N2CCCC(c3nc(C)no3)C2)cc1C. The summed E-state index contributed by atoms with van der Waals surface area (Å²) in [6.07, 6.45) is 1.58. The quantitative estimate of drug-likeness (QED) is 0.664. The Morgan fingerprint density at radius 3 is 2.78 bits per heavy atom. The standard InChI is InChI=1S/C18H25N3O5S/c1-13-11-16(6-7-17(13)25-10-9-24-3)27(22,23)21-8-4-5-15(12-21)18-19-14(2)20-26-18/h6-7,11,15H,4-5,8-10,12H2,1-3H3. The van der Waals surface area contributed by atoms with Crippen LogP contribution in [-0.2, 0) is 14.8 Å². The number of nitrogens with zero attached hydrogens (tertiary/aromatic N) is 3. The van der Waals surface area contributed by atoms with E-state index < -0.39 is 10.0 Å². The Hall–Kier alpha value is -1.97. The van der Waals surface area contributed by atoms with Crippen molar-refractivity contribution in [2.75, 3.05) is 33.4 Å². The summed E-state index contributed by atoms with van der Waals surface area (Å²) in [4.78, 5) is 4.52. The van der Waals surface area contributed by atoms with Crippen LogP contribution in [0.4, 0.5) is 0 Å². The lowest BCUT2D eigenvalue weighted by Crippen LogP contribution is -2.39. The van der Waals surface area contributed by atoms with Gasteiger partial charge in [0, 0.05) is 20.2 Å². The van der Waals surface area contributed by atoms with Crippen LogP contribution in [0.3, 0.4) is 0 Å². The molecule has 0 saturated carbocycles. The van der Waals surface area contributed by atoms with E-state index in [9.17, 15) is 8.42 Å². The van der Waals surface area contributed by atoms with Crippen LogP contribution in [0.15, 0.2) is 27.6 Å². The van der Waals surface area contributed by atoms with Crippen LogP contribution in [0.2, 0.25) is 0 Å². The van der Waals surface area contributed by atoms with E-state index in [1.165, 1.54) is 4.31 Å². The van der Waals surface area contributed by atoms with Crippen molar-refractivity contribution in [2.24, 2.45) is 0 Å². The van der Waals surface area contributed by atoms with Crippen molar-refractivity contribution < 1.29 is 22.4 Å². The van der Waals surface area contributed by atoms with Gasteiger partial charge in [0.2, 0.25) is 15.9 Å². The van der Waals surface area contributed by atoms with Crippen molar-refractivity contribution in [3.63, 3.8) is 0 Å². The lowest BCUT2D eigenvalue weighted by atomic mass is 10.00. The summed E-state index contributed by atoms with van der Waals surface area (Å²) < 4.78 is 43.5. The maximum absolute atomic E-state index is 13.1. The molecule has 0 bridgehead atoms. The van der Waals surface area contributed by atoms with Gasteiger partial charge >= 0.3 is 0 Å². The number of piperidine rings is 1. The molecule has 1 aromatic carbocycles. The molecule has 1 fully saturated rings. The van der Waals surface area contributed by atoms with Crippen LogP contribution < -0.4 is 4.74 Å². The fourth-order valence-electron chi connectivity index (χ4n) is 3.17. The van der Waals surface area contributed by atoms with Gasteiger partial charge in [-0.05, 0) is 50.5 Å². The highest BCUT2D eigenvalue weighted by Crippen LogP contribution is 2.31. The lowest BCUT2D eigenvalue weighted by molar-refractivity contribution is 0.146. The molecule has 2 heterocycles. The first-order chi connectivity index (χ1) is 12.9. The zero-order valence-corrected chi connectivity index (χ0v) is 16.7. The first kappa shape index (κ1) is 19.8. The maximum Gasteiger partial charge on any atom is 0.243 e. The van der Waals surface area contributed by atoms with Crippen LogP contribution in [0.5, 0.6) is 5.75 Å². The third kappa shape index (κ3) is 4.48. The second-order valence-corrected chi connectivity index (χ2v) is 8.59. The molecule has 1 atom stereocenters. The molecule has 1 aliphatic heterocycles. The van der Waals surface area contributed by atoms with Gasteiger partial charge in [-0.25, -0.2) is 8.42 Å². The van der Waals surface area contributed by atoms with Crippen LogP contribution >= 0.6 is 0 Å². The van der Waals surface area contributed by atoms with Crippen molar-refractivity contribution in [1.29, 1.82) is 0 Å². The second kappa shape index (κ2) is 8.37. The number of sulfonamides is 1. The van der Waals surface area contributed by atoms with Gasteiger partial charge < -0.3 is 14.0 Å². The summed E-state index contributed by atoms with van der Waals surface area (Å²) >= 11 is 0. The summed E-state index contributed by atoms with van der Waals surface area (Å²) in [7, 11) is -1.99. The molecule has 27 heavy (non-hydrogen) atoms. The molecule has 8 nitrogen and oxygen atoms in total. The summed E-state index contributed by atoms with van der Waals surface area (Å²) in [6.45, 7) is 5.31. The molecular formula is C18H25N3O5S. The van der Waals surface area contributed by atoms with E-state index in [2.05, 4.69) is 10.1 Å². The monoisotopic (exact) mass is 395 g/mol. The van der Waals surface area contributed by atoms with Crippen molar-refractivity contribution in [3.8, 4) is 5.75 Å². The van der Waals surface area contributed by atoms with Gasteiger partial charge in [0.25, 0.3) is 0 Å². The van der Waals surface area contributed by atoms with Crippen molar-refractivity contribution in [2.45, 2.75) is 37.5 Å². The summed E-state index contributed by atoms with van der Waals surface area (Å²) in [5.74, 6) is 1.64. The number of hydrogen-bond acceptors (Lipinski definition) is 7. The highest BCUT2D eigenvalue weighted by molar-refractivity contribution is 7.89. The van der Waals surface area contributed by atoms with Crippen LogP contribution in [0.25, 0.3) is 0 Å². The normalized spacial score (nSPS) is 18.6. The van der Waals surface area contributed by atoms with Crippen molar-refractivity contribution >= 4 is 10.0 Å². The van der Waals surface area contributed by atoms with E-state index in [1.807, 2.05) is 6.92 Å². The fourth-order valence-corrected chi connectivity index (χ4v) is 4.78. The maximum atomic E-state index is 13.1.